The van der Waals surface area contributed by atoms with Gasteiger partial charge in [0.1, 0.15) is 5.75 Å². The molecule has 5 heteroatoms. The van der Waals surface area contributed by atoms with Crippen LogP contribution in [0.2, 0.25) is 0 Å². The second kappa shape index (κ2) is 5.47. The minimum atomic E-state index is -1.39. The number of hydrogen-bond acceptors (Lipinski definition) is 2. The van der Waals surface area contributed by atoms with Crippen LogP contribution in [0.15, 0.2) is 18.2 Å². The number of alkyl halides is 3. The lowest BCUT2D eigenvalue weighted by atomic mass is 9.97. The Hall–Kier alpha value is -0.440. The van der Waals surface area contributed by atoms with E-state index in [9.17, 15) is 4.79 Å². The minimum absolute atomic E-state index is 0.289. The largest absolute Gasteiger partial charge is 0.427 e. The summed E-state index contributed by atoms with van der Waals surface area (Å²) in [6.45, 7) is 5.07. The van der Waals surface area contributed by atoms with Crippen molar-refractivity contribution < 1.29 is 9.53 Å². The zero-order valence-corrected chi connectivity index (χ0v) is 12.0. The first-order valence-corrected chi connectivity index (χ1v) is 6.21. The topological polar surface area (TPSA) is 26.3 Å². The molecule has 0 amide bonds. The van der Waals surface area contributed by atoms with E-state index in [1.165, 1.54) is 6.92 Å². The third kappa shape index (κ3) is 4.06. The molecule has 1 aromatic rings. The van der Waals surface area contributed by atoms with Crippen LogP contribution < -0.4 is 4.74 Å². The highest BCUT2D eigenvalue weighted by atomic mass is 35.6. The molecule has 1 rings (SSSR count). The maximum absolute atomic E-state index is 10.9. The average Bonchev–Trinajstić information content (AvgIpc) is 2.18. The molecule has 0 saturated carbocycles. The molecular formula is C12H13Cl3O2. The van der Waals surface area contributed by atoms with E-state index in [2.05, 4.69) is 0 Å². The molecule has 0 aliphatic carbocycles. The summed E-state index contributed by atoms with van der Waals surface area (Å²) in [5.41, 5.74) is 1.84. The zero-order chi connectivity index (χ0) is 13.2. The van der Waals surface area contributed by atoms with Gasteiger partial charge in [-0.15, -0.1) is 0 Å². The number of carbonyl (C=O) groups excluding carboxylic acids is 1. The van der Waals surface area contributed by atoms with Crippen molar-refractivity contribution in [2.24, 2.45) is 0 Å². The lowest BCUT2D eigenvalue weighted by molar-refractivity contribution is -0.131. The van der Waals surface area contributed by atoms with E-state index in [4.69, 9.17) is 39.5 Å². The predicted octanol–water partition coefficient (Wildman–Crippen LogP) is 4.39. The van der Waals surface area contributed by atoms with E-state index < -0.39 is 3.79 Å². The van der Waals surface area contributed by atoms with Gasteiger partial charge in [0.25, 0.3) is 0 Å². The fraction of sp³-hybridized carbons (Fsp3) is 0.417. The van der Waals surface area contributed by atoms with Crippen LogP contribution in [0.5, 0.6) is 5.75 Å². The van der Waals surface area contributed by atoms with E-state index in [1.807, 2.05) is 19.9 Å². The van der Waals surface area contributed by atoms with Gasteiger partial charge in [-0.05, 0) is 30.2 Å². The zero-order valence-electron chi connectivity index (χ0n) is 9.76. The van der Waals surface area contributed by atoms with Crippen LogP contribution in [0.1, 0.15) is 30.9 Å². The first-order valence-electron chi connectivity index (χ1n) is 5.07. The maximum Gasteiger partial charge on any atom is 0.308 e. The molecule has 0 spiro atoms. The molecular weight excluding hydrogens is 282 g/mol. The van der Waals surface area contributed by atoms with Gasteiger partial charge >= 0.3 is 5.97 Å². The second-order valence-corrected chi connectivity index (χ2v) is 6.24. The van der Waals surface area contributed by atoms with Crippen LogP contribution in [0.4, 0.5) is 0 Å². The molecule has 0 saturated heterocycles. The second-order valence-electron chi connectivity index (χ2n) is 3.88. The van der Waals surface area contributed by atoms with Crippen LogP contribution >= 0.6 is 34.8 Å². The van der Waals surface area contributed by atoms with E-state index in [0.717, 1.165) is 11.1 Å². The van der Waals surface area contributed by atoms with Gasteiger partial charge in [-0.2, -0.15) is 0 Å². The van der Waals surface area contributed by atoms with Gasteiger partial charge < -0.3 is 4.74 Å². The van der Waals surface area contributed by atoms with Crippen LogP contribution in [0.3, 0.4) is 0 Å². The number of rotatable bonds is 2. The van der Waals surface area contributed by atoms with Crippen molar-refractivity contribution in [2.45, 2.75) is 30.5 Å². The highest BCUT2D eigenvalue weighted by Crippen LogP contribution is 2.42. The third-order valence-electron chi connectivity index (χ3n) is 2.47. The average molecular weight is 296 g/mol. The molecule has 1 aromatic carbocycles. The molecule has 1 atom stereocenters. The summed E-state index contributed by atoms with van der Waals surface area (Å²) in [5.74, 6) is -0.205. The molecule has 0 heterocycles. The number of aryl methyl sites for hydroxylation is 1. The number of halogens is 3. The Labute approximate surface area is 116 Å². The molecule has 0 bridgehead atoms. The van der Waals surface area contributed by atoms with Crippen LogP contribution in [0, 0.1) is 6.92 Å². The van der Waals surface area contributed by atoms with Crippen LogP contribution in [0.25, 0.3) is 0 Å². The van der Waals surface area contributed by atoms with E-state index in [0.29, 0.717) is 5.75 Å². The summed E-state index contributed by atoms with van der Waals surface area (Å²) < 4.78 is 3.62. The Kier molecular flexibility index (Phi) is 4.70. The first kappa shape index (κ1) is 14.6. The lowest BCUT2D eigenvalue weighted by Gasteiger charge is -2.22. The Bertz CT molecular complexity index is 424. The van der Waals surface area contributed by atoms with Gasteiger partial charge in [0.05, 0.1) is 0 Å². The van der Waals surface area contributed by atoms with Crippen molar-refractivity contribution in [2.75, 3.05) is 0 Å². The SMILES string of the molecule is CC(=O)Oc1ccc(C)c(C(C)C(Cl)(Cl)Cl)c1. The van der Waals surface area contributed by atoms with Crippen molar-refractivity contribution in [3.63, 3.8) is 0 Å². The Morgan fingerprint density at radius 2 is 1.94 bits per heavy atom. The summed E-state index contributed by atoms with van der Waals surface area (Å²) >= 11 is 17.6. The van der Waals surface area contributed by atoms with Gasteiger partial charge in [-0.1, -0.05) is 47.8 Å². The number of hydrogen-bond donors (Lipinski definition) is 0. The quantitative estimate of drug-likeness (QED) is 0.459. The fourth-order valence-corrected chi connectivity index (χ4v) is 1.84. The first-order chi connectivity index (χ1) is 7.71. The molecule has 94 valence electrons. The van der Waals surface area contributed by atoms with Gasteiger partial charge in [0, 0.05) is 12.8 Å². The normalized spacial score (nSPS) is 13.3. The molecule has 1 unspecified atom stereocenters. The van der Waals surface area contributed by atoms with Gasteiger partial charge in [0.2, 0.25) is 0 Å². The smallest absolute Gasteiger partial charge is 0.308 e. The minimum Gasteiger partial charge on any atom is -0.427 e. The molecule has 0 aliphatic heterocycles. The number of benzene rings is 1. The van der Waals surface area contributed by atoms with Gasteiger partial charge in [0.15, 0.2) is 3.79 Å². The summed E-state index contributed by atoms with van der Waals surface area (Å²) in [6, 6.07) is 5.27. The van der Waals surface area contributed by atoms with Crippen molar-refractivity contribution in [3.05, 3.63) is 29.3 Å². The Balaban J connectivity index is 3.10. The van der Waals surface area contributed by atoms with E-state index >= 15 is 0 Å². The molecule has 0 fully saturated rings. The highest BCUT2D eigenvalue weighted by molar-refractivity contribution is 6.68. The summed E-state index contributed by atoms with van der Waals surface area (Å²) in [6.07, 6.45) is 0. The van der Waals surface area contributed by atoms with Crippen molar-refractivity contribution in [3.8, 4) is 5.75 Å². The standard InChI is InChI=1S/C12H13Cl3O2/c1-7-4-5-10(17-9(3)16)6-11(7)8(2)12(13,14)15/h4-6,8H,1-3H3. The Morgan fingerprint density at radius 3 is 2.41 bits per heavy atom. The Morgan fingerprint density at radius 1 is 1.35 bits per heavy atom. The van der Waals surface area contributed by atoms with Crippen molar-refractivity contribution in [1.82, 2.24) is 0 Å². The predicted molar refractivity (Wildman–Crippen MR) is 71.2 cm³/mol. The van der Waals surface area contributed by atoms with E-state index in [-0.39, 0.29) is 11.9 Å². The molecule has 0 N–H and O–H groups in total. The van der Waals surface area contributed by atoms with Crippen LogP contribution in [-0.4, -0.2) is 9.76 Å². The summed E-state index contributed by atoms with van der Waals surface area (Å²) in [7, 11) is 0. The summed E-state index contributed by atoms with van der Waals surface area (Å²) in [4.78, 5) is 10.9. The van der Waals surface area contributed by atoms with Crippen molar-refractivity contribution >= 4 is 40.8 Å². The lowest BCUT2D eigenvalue weighted by Crippen LogP contribution is -2.15. The molecule has 0 radical (unpaired) electrons. The molecule has 0 aromatic heterocycles. The molecule has 0 aliphatic rings. The summed E-state index contributed by atoms with van der Waals surface area (Å²) in [5, 5.41) is 0. The van der Waals surface area contributed by atoms with Crippen LogP contribution in [-0.2, 0) is 4.79 Å². The third-order valence-corrected chi connectivity index (χ3v) is 3.45. The molecule has 2 nitrogen and oxygen atoms in total. The molecule has 17 heavy (non-hydrogen) atoms. The van der Waals surface area contributed by atoms with E-state index in [1.54, 1.807) is 12.1 Å². The van der Waals surface area contributed by atoms with Crippen molar-refractivity contribution in [1.29, 1.82) is 0 Å². The number of esters is 1. The van der Waals surface area contributed by atoms with Gasteiger partial charge in [-0.25, -0.2) is 0 Å². The number of carbonyl (C=O) groups is 1. The van der Waals surface area contributed by atoms with Gasteiger partial charge in [-0.3, -0.25) is 4.79 Å². The fourth-order valence-electron chi connectivity index (χ4n) is 1.49. The monoisotopic (exact) mass is 294 g/mol. The highest BCUT2D eigenvalue weighted by Gasteiger charge is 2.31. The number of ether oxygens (including phenoxy) is 1. The maximum atomic E-state index is 10.9.